The molecule has 210 valence electrons. The van der Waals surface area contributed by atoms with E-state index in [0.29, 0.717) is 36.6 Å². The normalized spacial score (nSPS) is 19.0. The minimum atomic E-state index is -3.91. The van der Waals surface area contributed by atoms with Gasteiger partial charge in [0.25, 0.3) is 10.0 Å². The Bertz CT molecular complexity index is 1380. The third kappa shape index (κ3) is 7.14. The van der Waals surface area contributed by atoms with E-state index in [2.05, 4.69) is 19.6 Å². The minimum absolute atomic E-state index is 0.00508. The first kappa shape index (κ1) is 28.5. The molecule has 2 aromatic heterocycles. The summed E-state index contributed by atoms with van der Waals surface area (Å²) in [6, 6.07) is 8.52. The number of fused-ring (bicyclic) bond motifs is 1. The molecule has 3 heterocycles. The average Bonchev–Trinajstić information content (AvgIpc) is 3.36. The number of sulfonamides is 1. The van der Waals surface area contributed by atoms with Gasteiger partial charge >= 0.3 is 0 Å². The van der Waals surface area contributed by atoms with Crippen LogP contribution in [0.15, 0.2) is 60.3 Å². The Kier molecular flexibility index (Phi) is 8.88. The van der Waals surface area contributed by atoms with Crippen molar-refractivity contribution < 1.29 is 23.1 Å². The van der Waals surface area contributed by atoms with Crippen LogP contribution in [0.3, 0.4) is 0 Å². The number of amides is 1. The summed E-state index contributed by atoms with van der Waals surface area (Å²) in [5.41, 5.74) is 1.99. The van der Waals surface area contributed by atoms with Crippen molar-refractivity contribution in [2.45, 2.75) is 44.0 Å². The number of aliphatic hydroxyl groups excluding tert-OH is 1. The second kappa shape index (κ2) is 12.1. The highest BCUT2D eigenvalue weighted by atomic mass is 32.2. The third-order valence-corrected chi connectivity index (χ3v) is 8.08. The molecule has 1 aromatic carbocycles. The molecule has 2 N–H and O–H groups in total. The van der Waals surface area contributed by atoms with E-state index in [1.165, 1.54) is 12.5 Å². The van der Waals surface area contributed by atoms with E-state index < -0.39 is 10.0 Å². The lowest BCUT2D eigenvalue weighted by Gasteiger charge is -2.34. The van der Waals surface area contributed by atoms with Crippen LogP contribution in [0.2, 0.25) is 0 Å². The van der Waals surface area contributed by atoms with Crippen LogP contribution < -0.4 is 9.46 Å². The zero-order valence-electron chi connectivity index (χ0n) is 22.7. The van der Waals surface area contributed by atoms with Gasteiger partial charge < -0.3 is 19.3 Å². The number of anilines is 1. The van der Waals surface area contributed by atoms with Crippen molar-refractivity contribution in [1.29, 1.82) is 0 Å². The number of hydrogen-bond donors (Lipinski definition) is 2. The zero-order chi connectivity index (χ0) is 28.2. The number of aryl methyl sites for hydroxylation is 1. The third-order valence-electron chi connectivity index (χ3n) is 6.82. The van der Waals surface area contributed by atoms with Crippen molar-refractivity contribution >= 4 is 21.6 Å². The second-order valence-corrected chi connectivity index (χ2v) is 11.9. The first-order valence-corrected chi connectivity index (χ1v) is 14.3. The zero-order valence-corrected chi connectivity index (χ0v) is 23.5. The molecule has 12 heteroatoms. The summed E-state index contributed by atoms with van der Waals surface area (Å²) in [6.07, 6.45) is 6.08. The number of imidazole rings is 1. The van der Waals surface area contributed by atoms with Gasteiger partial charge in [0.2, 0.25) is 5.91 Å². The number of carbonyl (C=O) groups excluding carboxylic acids is 1. The molecule has 11 nitrogen and oxygen atoms in total. The lowest BCUT2D eigenvalue weighted by Crippen LogP contribution is -2.47. The lowest BCUT2D eigenvalue weighted by molar-refractivity contribution is -0.134. The van der Waals surface area contributed by atoms with Crippen molar-refractivity contribution in [2.75, 3.05) is 31.5 Å². The summed E-state index contributed by atoms with van der Waals surface area (Å²) in [5.74, 6) is 0.316. The number of carbonyl (C=O) groups is 1. The van der Waals surface area contributed by atoms with Gasteiger partial charge in [0.1, 0.15) is 11.9 Å². The van der Waals surface area contributed by atoms with Gasteiger partial charge in [0.15, 0.2) is 5.03 Å². The number of aliphatic hydroxyl groups is 1. The number of likely N-dealkylation sites (N-methyl/N-ethyl adjacent to an activating group) is 1. The maximum Gasteiger partial charge on any atom is 0.280 e. The quantitative estimate of drug-likeness (QED) is 0.409. The molecule has 3 atom stereocenters. The number of ether oxygens (including phenoxy) is 1. The Morgan fingerprint density at radius 3 is 2.67 bits per heavy atom. The molecule has 0 unspecified atom stereocenters. The van der Waals surface area contributed by atoms with Crippen LogP contribution in [0.5, 0.6) is 5.75 Å². The average molecular weight is 557 g/mol. The van der Waals surface area contributed by atoms with Crippen LogP contribution in [0.4, 0.5) is 5.69 Å². The van der Waals surface area contributed by atoms with Crippen molar-refractivity contribution in [2.24, 2.45) is 13.0 Å². The van der Waals surface area contributed by atoms with E-state index in [0.717, 1.165) is 5.56 Å². The molecule has 39 heavy (non-hydrogen) atoms. The molecule has 1 aliphatic heterocycles. The smallest absolute Gasteiger partial charge is 0.280 e. The summed E-state index contributed by atoms with van der Waals surface area (Å²) in [4.78, 5) is 25.3. The summed E-state index contributed by atoms with van der Waals surface area (Å²) in [6.45, 7) is 5.39. The van der Waals surface area contributed by atoms with Crippen molar-refractivity contribution in [1.82, 2.24) is 24.3 Å². The van der Waals surface area contributed by atoms with Crippen LogP contribution in [-0.4, -0.2) is 82.7 Å². The number of nitrogens with zero attached hydrogens (tertiary/aromatic N) is 5. The van der Waals surface area contributed by atoms with Gasteiger partial charge in [-0.25, -0.2) is 4.98 Å². The number of pyridine rings is 1. The molecule has 0 saturated carbocycles. The predicted molar refractivity (Wildman–Crippen MR) is 147 cm³/mol. The van der Waals surface area contributed by atoms with Crippen LogP contribution >= 0.6 is 0 Å². The molecule has 0 bridgehead atoms. The van der Waals surface area contributed by atoms with Gasteiger partial charge in [-0.05, 0) is 49.9 Å². The maximum atomic E-state index is 13.4. The first-order chi connectivity index (χ1) is 18.6. The SMILES string of the molecule is C[C@H]1CN([C@@H](C)CO)C(=O)Cc2cc(NS(=O)(=O)c3cn(C)cn3)ccc2O[C@H]1CN(C)Cc1ccncc1. The fraction of sp³-hybridized carbons (Fsp3) is 0.444. The highest BCUT2D eigenvalue weighted by molar-refractivity contribution is 7.92. The Balaban J connectivity index is 1.63. The van der Waals surface area contributed by atoms with Gasteiger partial charge in [-0.3, -0.25) is 19.4 Å². The van der Waals surface area contributed by atoms with Crippen molar-refractivity contribution in [3.05, 3.63) is 66.4 Å². The van der Waals surface area contributed by atoms with Crippen LogP contribution in [-0.2, 0) is 34.8 Å². The van der Waals surface area contributed by atoms with E-state index in [1.54, 1.807) is 47.1 Å². The minimum Gasteiger partial charge on any atom is -0.488 e. The summed E-state index contributed by atoms with van der Waals surface area (Å²) >= 11 is 0. The Morgan fingerprint density at radius 1 is 1.26 bits per heavy atom. The molecular formula is C27H36N6O5S. The Morgan fingerprint density at radius 2 is 2.00 bits per heavy atom. The molecule has 1 aliphatic rings. The predicted octanol–water partition coefficient (Wildman–Crippen LogP) is 1.90. The van der Waals surface area contributed by atoms with Crippen LogP contribution in [0.25, 0.3) is 0 Å². The molecule has 0 aliphatic carbocycles. The Labute approximate surface area is 229 Å². The van der Waals surface area contributed by atoms with Gasteiger partial charge in [-0.2, -0.15) is 8.42 Å². The lowest BCUT2D eigenvalue weighted by atomic mass is 10.0. The molecule has 0 spiro atoms. The molecular weight excluding hydrogens is 520 g/mol. The van der Waals surface area contributed by atoms with Crippen LogP contribution in [0.1, 0.15) is 25.0 Å². The van der Waals surface area contributed by atoms with E-state index in [-0.39, 0.29) is 42.0 Å². The van der Waals surface area contributed by atoms with Crippen molar-refractivity contribution in [3.8, 4) is 5.75 Å². The monoisotopic (exact) mass is 556 g/mol. The fourth-order valence-corrected chi connectivity index (χ4v) is 5.65. The van der Waals surface area contributed by atoms with Gasteiger partial charge in [0.05, 0.1) is 25.4 Å². The highest BCUT2D eigenvalue weighted by Gasteiger charge is 2.31. The first-order valence-electron chi connectivity index (χ1n) is 12.8. The fourth-order valence-electron chi connectivity index (χ4n) is 4.62. The number of aromatic nitrogens is 3. The van der Waals surface area contributed by atoms with Crippen molar-refractivity contribution in [3.63, 3.8) is 0 Å². The standard InChI is InChI=1S/C27H36N6O5S/c1-19-13-33(20(2)17-34)27(35)12-22-11-23(30-39(36,37)26-16-32(4)18-29-26)5-6-24(22)38-25(19)15-31(3)14-21-7-9-28-10-8-21/h5-11,16,18-20,25,30,34H,12-15,17H2,1-4H3/t19-,20-,25-/m0/s1. The Hall–Kier alpha value is -3.48. The topological polar surface area (TPSA) is 130 Å². The summed E-state index contributed by atoms with van der Waals surface area (Å²) in [5, 5.41) is 9.75. The second-order valence-electron chi connectivity index (χ2n) is 10.2. The largest absolute Gasteiger partial charge is 0.488 e. The number of rotatable bonds is 9. The molecule has 4 rings (SSSR count). The van der Waals surface area contributed by atoms with E-state index in [4.69, 9.17) is 4.74 Å². The molecule has 0 radical (unpaired) electrons. The molecule has 1 amide bonds. The van der Waals surface area contributed by atoms with Crippen LogP contribution in [0, 0.1) is 5.92 Å². The van der Waals surface area contributed by atoms with Gasteiger partial charge in [-0.1, -0.05) is 6.92 Å². The highest BCUT2D eigenvalue weighted by Crippen LogP contribution is 2.30. The molecule has 0 fully saturated rings. The van der Waals surface area contributed by atoms with E-state index in [9.17, 15) is 18.3 Å². The van der Waals surface area contributed by atoms with Gasteiger partial charge in [0, 0.05) is 62.4 Å². The van der Waals surface area contributed by atoms with E-state index >= 15 is 0 Å². The number of nitrogens with one attached hydrogen (secondary N) is 1. The maximum absolute atomic E-state index is 13.4. The van der Waals surface area contributed by atoms with E-state index in [1.807, 2.05) is 33.0 Å². The summed E-state index contributed by atoms with van der Waals surface area (Å²) in [7, 11) is -0.210. The molecule has 3 aromatic rings. The molecule has 0 saturated heterocycles. The number of benzene rings is 1. The number of hydrogen-bond acceptors (Lipinski definition) is 8. The van der Waals surface area contributed by atoms with Gasteiger partial charge in [-0.15, -0.1) is 0 Å². The summed E-state index contributed by atoms with van der Waals surface area (Å²) < 4.78 is 36.3.